The average Bonchev–Trinajstić information content (AvgIpc) is 2.75. The Morgan fingerprint density at radius 3 is 2.68 bits per heavy atom. The molecule has 1 unspecified atom stereocenters. The Labute approximate surface area is 113 Å². The molecule has 0 radical (unpaired) electrons. The van der Waals surface area contributed by atoms with Crippen molar-refractivity contribution < 1.29 is 13.2 Å². The average molecular weight is 279 g/mol. The van der Waals surface area contributed by atoms with E-state index in [1.54, 1.807) is 12.2 Å². The summed E-state index contributed by atoms with van der Waals surface area (Å²) in [5, 5.41) is 4.47. The van der Waals surface area contributed by atoms with Crippen LogP contribution >= 0.6 is 0 Å². The van der Waals surface area contributed by atoms with Crippen molar-refractivity contribution in [2.75, 3.05) is 12.4 Å². The zero-order valence-electron chi connectivity index (χ0n) is 10.6. The second-order valence-corrected chi connectivity index (χ2v) is 6.32. The number of nitrogens with one attached hydrogen (secondary N) is 1. The molecule has 102 valence electrons. The summed E-state index contributed by atoms with van der Waals surface area (Å²) < 4.78 is 27.9. The van der Waals surface area contributed by atoms with E-state index >= 15 is 0 Å². The van der Waals surface area contributed by atoms with Gasteiger partial charge in [0, 0.05) is 18.0 Å². The maximum absolute atomic E-state index is 11.2. The highest BCUT2D eigenvalue weighted by molar-refractivity contribution is 7.94. The van der Waals surface area contributed by atoms with Crippen LogP contribution in [0.3, 0.4) is 0 Å². The molecule has 1 aliphatic rings. The number of hydrogen-bond donors (Lipinski definition) is 1. The summed E-state index contributed by atoms with van der Waals surface area (Å²) in [6.07, 6.45) is 3.39. The molecule has 0 saturated heterocycles. The summed E-state index contributed by atoms with van der Waals surface area (Å²) in [7, 11) is -2.99. The maximum Gasteiger partial charge on any atom is 0.173 e. The zero-order valence-corrected chi connectivity index (χ0v) is 11.4. The molecule has 1 aromatic carbocycles. The summed E-state index contributed by atoms with van der Waals surface area (Å²) in [4.78, 5) is 0. The Morgan fingerprint density at radius 1 is 1.37 bits per heavy atom. The first kappa shape index (κ1) is 13.8. The third-order valence-corrected chi connectivity index (χ3v) is 4.19. The van der Waals surface area contributed by atoms with Gasteiger partial charge in [0.2, 0.25) is 0 Å². The molecule has 2 rings (SSSR count). The van der Waals surface area contributed by atoms with Crippen molar-refractivity contribution in [1.82, 2.24) is 5.32 Å². The molecule has 1 atom stereocenters. The highest BCUT2D eigenvalue weighted by Gasteiger charge is 2.20. The van der Waals surface area contributed by atoms with E-state index in [9.17, 15) is 8.42 Å². The van der Waals surface area contributed by atoms with Crippen LogP contribution in [0.2, 0.25) is 0 Å². The number of hydrogen-bond acceptors (Lipinski definition) is 4. The topological polar surface area (TPSA) is 55.4 Å². The van der Waals surface area contributed by atoms with Gasteiger partial charge in [0.05, 0.1) is 5.75 Å². The fourth-order valence-corrected chi connectivity index (χ4v) is 3.08. The Kier molecular flexibility index (Phi) is 4.39. The molecule has 0 aliphatic carbocycles. The zero-order chi connectivity index (χ0) is 13.7. The smallest absolute Gasteiger partial charge is 0.173 e. The largest absolute Gasteiger partial charge is 0.490 e. The van der Waals surface area contributed by atoms with Crippen molar-refractivity contribution in [2.45, 2.75) is 12.6 Å². The molecule has 5 heteroatoms. The van der Waals surface area contributed by atoms with Gasteiger partial charge in [-0.15, -0.1) is 0 Å². The molecule has 0 saturated carbocycles. The van der Waals surface area contributed by atoms with Crippen LogP contribution in [0.1, 0.15) is 5.56 Å². The summed E-state index contributed by atoms with van der Waals surface area (Å²) in [6.45, 7) is 4.71. The molecule has 1 N–H and O–H groups in total. The lowest BCUT2D eigenvalue weighted by atomic mass is 10.2. The van der Waals surface area contributed by atoms with E-state index in [2.05, 4.69) is 11.9 Å². The van der Waals surface area contributed by atoms with Gasteiger partial charge in [0.1, 0.15) is 12.4 Å². The quantitative estimate of drug-likeness (QED) is 0.805. The first-order valence-electron chi connectivity index (χ1n) is 6.06. The third kappa shape index (κ3) is 4.22. The summed E-state index contributed by atoms with van der Waals surface area (Å²) in [5.74, 6) is 0.944. The third-order valence-electron chi connectivity index (χ3n) is 2.79. The Hall–Kier alpha value is -1.59. The van der Waals surface area contributed by atoms with Crippen LogP contribution in [0, 0.1) is 0 Å². The summed E-state index contributed by atoms with van der Waals surface area (Å²) >= 11 is 0. The van der Waals surface area contributed by atoms with Crippen molar-refractivity contribution in [1.29, 1.82) is 0 Å². The van der Waals surface area contributed by atoms with Gasteiger partial charge < -0.3 is 10.1 Å². The number of rotatable bonds is 6. The molecule has 19 heavy (non-hydrogen) atoms. The second-order valence-electron chi connectivity index (χ2n) is 4.39. The number of sulfone groups is 1. The predicted octanol–water partition coefficient (Wildman–Crippen LogP) is 1.65. The predicted molar refractivity (Wildman–Crippen MR) is 75.7 cm³/mol. The fourth-order valence-electron chi connectivity index (χ4n) is 1.81. The van der Waals surface area contributed by atoms with E-state index in [0.29, 0.717) is 13.2 Å². The molecular formula is C14H17NO3S. The first-order chi connectivity index (χ1) is 9.09. The standard InChI is InChI=1S/C14H17NO3S/c1-2-8-18-14-5-3-12(4-6-14)10-15-13-7-9-19(16,17)11-13/h2-7,9,13,15H,1,8,10-11H2. The molecule has 0 amide bonds. The molecule has 0 spiro atoms. The lowest BCUT2D eigenvalue weighted by Crippen LogP contribution is -2.29. The number of benzene rings is 1. The fraction of sp³-hybridized carbons (Fsp3) is 0.286. The van der Waals surface area contributed by atoms with Crippen LogP contribution in [0.15, 0.2) is 48.4 Å². The molecule has 1 heterocycles. The Balaban J connectivity index is 1.83. The minimum Gasteiger partial charge on any atom is -0.490 e. The van der Waals surface area contributed by atoms with Crippen LogP contribution in [0.25, 0.3) is 0 Å². The van der Waals surface area contributed by atoms with Gasteiger partial charge in [-0.2, -0.15) is 0 Å². The summed E-state index contributed by atoms with van der Waals surface area (Å²) in [5.41, 5.74) is 1.09. The van der Waals surface area contributed by atoms with Crippen molar-refractivity contribution in [3.8, 4) is 5.75 Å². The molecule has 4 nitrogen and oxygen atoms in total. The lowest BCUT2D eigenvalue weighted by Gasteiger charge is -2.10. The second kappa shape index (κ2) is 6.04. The monoisotopic (exact) mass is 279 g/mol. The first-order valence-corrected chi connectivity index (χ1v) is 7.77. The van der Waals surface area contributed by atoms with E-state index in [1.807, 2.05) is 24.3 Å². The van der Waals surface area contributed by atoms with E-state index < -0.39 is 9.84 Å². The van der Waals surface area contributed by atoms with Crippen molar-refractivity contribution in [3.63, 3.8) is 0 Å². The van der Waals surface area contributed by atoms with Crippen LogP contribution in [0.5, 0.6) is 5.75 Å². The molecule has 0 aromatic heterocycles. The highest BCUT2D eigenvalue weighted by atomic mass is 32.2. The minimum atomic E-state index is -2.99. The molecular weight excluding hydrogens is 262 g/mol. The molecule has 1 aliphatic heterocycles. The minimum absolute atomic E-state index is 0.0957. The normalized spacial score (nSPS) is 20.3. The van der Waals surface area contributed by atoms with Crippen LogP contribution in [0.4, 0.5) is 0 Å². The number of ether oxygens (including phenoxy) is 1. The van der Waals surface area contributed by atoms with Crippen molar-refractivity contribution >= 4 is 9.84 Å². The molecule has 1 aromatic rings. The summed E-state index contributed by atoms with van der Waals surface area (Å²) in [6, 6.07) is 7.60. The van der Waals surface area contributed by atoms with Gasteiger partial charge in [-0.1, -0.05) is 30.9 Å². The van der Waals surface area contributed by atoms with E-state index in [1.165, 1.54) is 5.41 Å². The van der Waals surface area contributed by atoms with E-state index in [0.717, 1.165) is 11.3 Å². The molecule has 0 bridgehead atoms. The van der Waals surface area contributed by atoms with Gasteiger partial charge in [-0.3, -0.25) is 0 Å². The van der Waals surface area contributed by atoms with Gasteiger partial charge >= 0.3 is 0 Å². The van der Waals surface area contributed by atoms with Gasteiger partial charge in [0.25, 0.3) is 0 Å². The lowest BCUT2D eigenvalue weighted by molar-refractivity contribution is 0.363. The van der Waals surface area contributed by atoms with Crippen LogP contribution < -0.4 is 10.1 Å². The highest BCUT2D eigenvalue weighted by Crippen LogP contribution is 2.13. The van der Waals surface area contributed by atoms with Gasteiger partial charge in [-0.25, -0.2) is 8.42 Å². The van der Waals surface area contributed by atoms with E-state index in [-0.39, 0.29) is 11.8 Å². The van der Waals surface area contributed by atoms with Crippen molar-refractivity contribution in [3.05, 3.63) is 54.0 Å². The van der Waals surface area contributed by atoms with Gasteiger partial charge in [-0.05, 0) is 17.7 Å². The molecule has 0 fully saturated rings. The maximum atomic E-state index is 11.2. The van der Waals surface area contributed by atoms with E-state index in [4.69, 9.17) is 4.74 Å². The SMILES string of the molecule is C=CCOc1ccc(CNC2C=CS(=O)(=O)C2)cc1. The Bertz CT molecular complexity index is 561. The van der Waals surface area contributed by atoms with Crippen LogP contribution in [-0.2, 0) is 16.4 Å². The van der Waals surface area contributed by atoms with Gasteiger partial charge in [0.15, 0.2) is 9.84 Å². The van der Waals surface area contributed by atoms with Crippen LogP contribution in [-0.4, -0.2) is 26.8 Å². The Morgan fingerprint density at radius 2 is 2.11 bits per heavy atom. The van der Waals surface area contributed by atoms with Crippen molar-refractivity contribution in [2.24, 2.45) is 0 Å².